The smallest absolute Gasteiger partial charge is 0.251 e. The molecular formula is C18H12Cl2N4O. The largest absolute Gasteiger partial charge is 0.346 e. The van der Waals surface area contributed by atoms with Gasteiger partial charge < -0.3 is 9.72 Å². The van der Waals surface area contributed by atoms with Crippen LogP contribution in [-0.2, 0) is 6.54 Å². The van der Waals surface area contributed by atoms with Gasteiger partial charge in [-0.2, -0.15) is 0 Å². The Hall–Kier alpha value is -2.63. The predicted molar refractivity (Wildman–Crippen MR) is 98.1 cm³/mol. The number of nitrogens with one attached hydrogen (secondary N) is 1. The van der Waals surface area contributed by atoms with Gasteiger partial charge in [-0.05, 0) is 42.5 Å². The molecule has 0 aliphatic rings. The number of pyridine rings is 2. The monoisotopic (exact) mass is 370 g/mol. The number of rotatable bonds is 3. The van der Waals surface area contributed by atoms with E-state index in [-0.39, 0.29) is 5.91 Å². The Kier molecular flexibility index (Phi) is 4.03. The lowest BCUT2D eigenvalue weighted by molar-refractivity contribution is 0.0950. The van der Waals surface area contributed by atoms with E-state index >= 15 is 0 Å². The number of fused-ring (bicyclic) bond motifs is 2. The van der Waals surface area contributed by atoms with E-state index in [1.807, 2.05) is 22.7 Å². The summed E-state index contributed by atoms with van der Waals surface area (Å²) in [6.45, 7) is 0.328. The highest BCUT2D eigenvalue weighted by Crippen LogP contribution is 2.17. The van der Waals surface area contributed by atoms with Gasteiger partial charge in [0.05, 0.1) is 22.8 Å². The second-order valence-corrected chi connectivity index (χ2v) is 6.39. The number of nitrogens with zero attached hydrogens (tertiary/aromatic N) is 3. The number of carbonyl (C=O) groups is 1. The average Bonchev–Trinajstić information content (AvgIpc) is 3.01. The number of benzene rings is 1. The zero-order chi connectivity index (χ0) is 17.4. The summed E-state index contributed by atoms with van der Waals surface area (Å²) in [6.07, 6.45) is 3.62. The Labute approximate surface area is 153 Å². The van der Waals surface area contributed by atoms with Gasteiger partial charge in [-0.25, -0.2) is 9.97 Å². The van der Waals surface area contributed by atoms with E-state index in [1.54, 1.807) is 36.5 Å². The van der Waals surface area contributed by atoms with E-state index in [0.717, 1.165) is 22.2 Å². The van der Waals surface area contributed by atoms with Crippen LogP contribution < -0.4 is 5.32 Å². The fourth-order valence-corrected chi connectivity index (χ4v) is 2.94. The SMILES string of the molecule is O=C(NCc1cn2cc(Cl)ccc2n1)c1ccc2nc(Cl)ccc2c1. The molecule has 124 valence electrons. The molecule has 1 aromatic carbocycles. The molecule has 3 heterocycles. The van der Waals surface area contributed by atoms with Crippen LogP contribution in [-0.4, -0.2) is 20.3 Å². The van der Waals surface area contributed by atoms with Crippen LogP contribution in [0.5, 0.6) is 0 Å². The molecule has 0 saturated carbocycles. The average molecular weight is 371 g/mol. The summed E-state index contributed by atoms with van der Waals surface area (Å²) in [4.78, 5) is 21.0. The van der Waals surface area contributed by atoms with Crippen molar-refractivity contribution < 1.29 is 4.79 Å². The molecule has 0 atom stereocenters. The number of carbonyl (C=O) groups excluding carboxylic acids is 1. The zero-order valence-electron chi connectivity index (χ0n) is 12.9. The van der Waals surface area contributed by atoms with E-state index < -0.39 is 0 Å². The van der Waals surface area contributed by atoms with Gasteiger partial charge in [-0.1, -0.05) is 23.2 Å². The van der Waals surface area contributed by atoms with Crippen molar-refractivity contribution in [3.05, 3.63) is 76.3 Å². The maximum Gasteiger partial charge on any atom is 0.251 e. The van der Waals surface area contributed by atoms with E-state index in [2.05, 4.69) is 15.3 Å². The molecule has 0 bridgehead atoms. The first kappa shape index (κ1) is 15.9. The molecule has 0 unspecified atom stereocenters. The van der Waals surface area contributed by atoms with Crippen LogP contribution in [0.2, 0.25) is 10.2 Å². The summed E-state index contributed by atoms with van der Waals surface area (Å²) in [5.41, 5.74) is 2.84. The maximum atomic E-state index is 12.4. The minimum Gasteiger partial charge on any atom is -0.346 e. The van der Waals surface area contributed by atoms with Crippen molar-refractivity contribution in [2.24, 2.45) is 0 Å². The normalized spacial score (nSPS) is 11.1. The second-order valence-electron chi connectivity index (χ2n) is 5.57. The fraction of sp³-hybridized carbons (Fsp3) is 0.0556. The zero-order valence-corrected chi connectivity index (χ0v) is 14.4. The molecular weight excluding hydrogens is 359 g/mol. The van der Waals surface area contributed by atoms with Gasteiger partial charge in [0.2, 0.25) is 0 Å². The molecule has 0 radical (unpaired) electrons. The lowest BCUT2D eigenvalue weighted by Gasteiger charge is -2.05. The Morgan fingerprint density at radius 3 is 2.80 bits per heavy atom. The van der Waals surface area contributed by atoms with Gasteiger partial charge in [0.25, 0.3) is 5.91 Å². The number of hydrogen-bond donors (Lipinski definition) is 1. The van der Waals surface area contributed by atoms with Crippen LogP contribution in [0, 0.1) is 0 Å². The van der Waals surface area contributed by atoms with Gasteiger partial charge in [0, 0.05) is 23.3 Å². The highest BCUT2D eigenvalue weighted by atomic mass is 35.5. The highest BCUT2D eigenvalue weighted by Gasteiger charge is 2.09. The molecule has 4 aromatic rings. The van der Waals surface area contributed by atoms with Crippen LogP contribution in [0.4, 0.5) is 0 Å². The van der Waals surface area contributed by atoms with Crippen LogP contribution >= 0.6 is 23.2 Å². The summed E-state index contributed by atoms with van der Waals surface area (Å²) < 4.78 is 1.83. The fourth-order valence-electron chi connectivity index (χ4n) is 2.62. The van der Waals surface area contributed by atoms with Crippen molar-refractivity contribution in [3.8, 4) is 0 Å². The Morgan fingerprint density at radius 1 is 1.04 bits per heavy atom. The molecule has 25 heavy (non-hydrogen) atoms. The van der Waals surface area contributed by atoms with Crippen molar-refractivity contribution in [3.63, 3.8) is 0 Å². The van der Waals surface area contributed by atoms with E-state index in [0.29, 0.717) is 22.3 Å². The molecule has 0 saturated heterocycles. The van der Waals surface area contributed by atoms with Gasteiger partial charge in [0.1, 0.15) is 10.8 Å². The number of halogens is 2. The second kappa shape index (κ2) is 6.35. The van der Waals surface area contributed by atoms with Crippen LogP contribution in [0.3, 0.4) is 0 Å². The first-order chi connectivity index (χ1) is 12.1. The number of amides is 1. The van der Waals surface area contributed by atoms with E-state index in [1.165, 1.54) is 0 Å². The van der Waals surface area contributed by atoms with E-state index in [4.69, 9.17) is 23.2 Å². The summed E-state index contributed by atoms with van der Waals surface area (Å²) in [5, 5.41) is 4.79. The topological polar surface area (TPSA) is 59.3 Å². The summed E-state index contributed by atoms with van der Waals surface area (Å²) in [5.74, 6) is -0.174. The highest BCUT2D eigenvalue weighted by molar-refractivity contribution is 6.30. The third kappa shape index (κ3) is 3.29. The van der Waals surface area contributed by atoms with Crippen LogP contribution in [0.15, 0.2) is 54.9 Å². The molecule has 5 nitrogen and oxygen atoms in total. The number of hydrogen-bond acceptors (Lipinski definition) is 3. The standard InChI is InChI=1S/C18H12Cl2N4O/c19-13-3-6-17-22-14(10-24(17)9-13)8-21-18(25)12-1-4-15-11(7-12)2-5-16(20)23-15/h1-7,9-10H,8H2,(H,21,25). The lowest BCUT2D eigenvalue weighted by atomic mass is 10.1. The maximum absolute atomic E-state index is 12.4. The van der Waals surface area contributed by atoms with Crippen molar-refractivity contribution in [2.45, 2.75) is 6.54 Å². The van der Waals surface area contributed by atoms with Crippen LogP contribution in [0.1, 0.15) is 16.1 Å². The molecule has 0 aliphatic heterocycles. The molecule has 0 aliphatic carbocycles. The van der Waals surface area contributed by atoms with Gasteiger partial charge >= 0.3 is 0 Å². The van der Waals surface area contributed by atoms with Gasteiger partial charge in [-0.15, -0.1) is 0 Å². The first-order valence-electron chi connectivity index (χ1n) is 7.56. The van der Waals surface area contributed by atoms with Gasteiger partial charge in [0.15, 0.2) is 0 Å². The molecule has 0 spiro atoms. The molecule has 1 amide bonds. The Bertz CT molecular complexity index is 1110. The molecule has 7 heteroatoms. The van der Waals surface area contributed by atoms with Gasteiger partial charge in [-0.3, -0.25) is 4.79 Å². The van der Waals surface area contributed by atoms with Crippen molar-refractivity contribution >= 4 is 45.7 Å². The van der Waals surface area contributed by atoms with E-state index in [9.17, 15) is 4.79 Å². The molecule has 1 N–H and O–H groups in total. The predicted octanol–water partition coefficient (Wildman–Crippen LogP) is 4.12. The Balaban J connectivity index is 1.52. The van der Waals surface area contributed by atoms with Crippen molar-refractivity contribution in [1.82, 2.24) is 19.7 Å². The number of imidazole rings is 1. The Morgan fingerprint density at radius 2 is 1.92 bits per heavy atom. The summed E-state index contributed by atoms with van der Waals surface area (Å²) >= 11 is 11.8. The first-order valence-corrected chi connectivity index (χ1v) is 8.32. The third-order valence-corrected chi connectivity index (χ3v) is 4.25. The number of aromatic nitrogens is 3. The lowest BCUT2D eigenvalue weighted by Crippen LogP contribution is -2.22. The summed E-state index contributed by atoms with van der Waals surface area (Å²) in [6, 6.07) is 12.4. The molecule has 3 aromatic heterocycles. The molecule has 0 fully saturated rings. The minimum absolute atomic E-state index is 0.174. The van der Waals surface area contributed by atoms with Crippen molar-refractivity contribution in [1.29, 1.82) is 0 Å². The van der Waals surface area contributed by atoms with Crippen molar-refractivity contribution in [2.75, 3.05) is 0 Å². The van der Waals surface area contributed by atoms with Crippen LogP contribution in [0.25, 0.3) is 16.6 Å². The minimum atomic E-state index is -0.174. The third-order valence-electron chi connectivity index (χ3n) is 3.81. The molecule has 4 rings (SSSR count). The quantitative estimate of drug-likeness (QED) is 0.551. The summed E-state index contributed by atoms with van der Waals surface area (Å²) in [7, 11) is 0.